The molecule has 7 heteroatoms. The standard InChI is InChI=1S/C13H18ClN3O3/c1-4-17(5-2)12(18)8-16(3)11-6-9(13(19)20)10(14)7-15-11/h6-7H,4-5,8H2,1-3H3,(H,19,20). The zero-order chi connectivity index (χ0) is 15.3. The van der Waals surface area contributed by atoms with Gasteiger partial charge in [-0.1, -0.05) is 11.6 Å². The number of hydrogen-bond acceptors (Lipinski definition) is 4. The Kier molecular flexibility index (Phi) is 5.76. The summed E-state index contributed by atoms with van der Waals surface area (Å²) >= 11 is 5.76. The molecule has 1 aromatic heterocycles. The molecule has 1 amide bonds. The molecular weight excluding hydrogens is 282 g/mol. The molecule has 0 radical (unpaired) electrons. The average molecular weight is 300 g/mol. The van der Waals surface area contributed by atoms with Crippen molar-refractivity contribution in [1.29, 1.82) is 0 Å². The van der Waals surface area contributed by atoms with Gasteiger partial charge in [0, 0.05) is 26.3 Å². The average Bonchev–Trinajstić information content (AvgIpc) is 2.40. The van der Waals surface area contributed by atoms with Gasteiger partial charge in [0.1, 0.15) is 5.82 Å². The van der Waals surface area contributed by atoms with Crippen LogP contribution in [0, 0.1) is 0 Å². The van der Waals surface area contributed by atoms with Gasteiger partial charge in [0.15, 0.2) is 0 Å². The molecule has 0 saturated heterocycles. The fourth-order valence-electron chi connectivity index (χ4n) is 1.76. The molecule has 0 aromatic carbocycles. The highest BCUT2D eigenvalue weighted by atomic mass is 35.5. The highest BCUT2D eigenvalue weighted by molar-refractivity contribution is 6.33. The Morgan fingerprint density at radius 1 is 1.35 bits per heavy atom. The van der Waals surface area contributed by atoms with E-state index in [0.29, 0.717) is 18.9 Å². The van der Waals surface area contributed by atoms with Gasteiger partial charge in [0.2, 0.25) is 5.91 Å². The lowest BCUT2D eigenvalue weighted by Crippen LogP contribution is -2.39. The van der Waals surface area contributed by atoms with E-state index in [1.54, 1.807) is 16.8 Å². The Bertz CT molecular complexity index is 504. The molecule has 1 N–H and O–H groups in total. The molecule has 1 aromatic rings. The number of carboxylic acids is 1. The van der Waals surface area contributed by atoms with Crippen LogP contribution in [0.15, 0.2) is 12.3 Å². The normalized spacial score (nSPS) is 10.2. The van der Waals surface area contributed by atoms with Crippen LogP contribution < -0.4 is 4.90 Å². The van der Waals surface area contributed by atoms with E-state index in [4.69, 9.17) is 16.7 Å². The Hall–Kier alpha value is -1.82. The van der Waals surface area contributed by atoms with Crippen molar-refractivity contribution in [3.05, 3.63) is 22.8 Å². The molecule has 6 nitrogen and oxygen atoms in total. The van der Waals surface area contributed by atoms with Crippen molar-refractivity contribution in [2.24, 2.45) is 0 Å². The van der Waals surface area contributed by atoms with Crippen molar-refractivity contribution in [2.45, 2.75) is 13.8 Å². The second-order valence-electron chi connectivity index (χ2n) is 4.25. The van der Waals surface area contributed by atoms with Gasteiger partial charge in [0.25, 0.3) is 0 Å². The zero-order valence-electron chi connectivity index (χ0n) is 11.8. The topological polar surface area (TPSA) is 73.7 Å². The minimum atomic E-state index is -1.12. The summed E-state index contributed by atoms with van der Waals surface area (Å²) in [5.41, 5.74) is -0.0289. The quantitative estimate of drug-likeness (QED) is 0.866. The summed E-state index contributed by atoms with van der Waals surface area (Å²) in [6, 6.07) is 1.36. The molecule has 0 saturated carbocycles. The molecule has 0 bridgehead atoms. The molecule has 0 aliphatic carbocycles. The van der Waals surface area contributed by atoms with Gasteiger partial charge in [-0.3, -0.25) is 4.79 Å². The number of hydrogen-bond donors (Lipinski definition) is 1. The van der Waals surface area contributed by atoms with Crippen molar-refractivity contribution < 1.29 is 14.7 Å². The first-order valence-corrected chi connectivity index (χ1v) is 6.66. The molecule has 0 aliphatic rings. The summed E-state index contributed by atoms with van der Waals surface area (Å²) in [5.74, 6) is -0.763. The fraction of sp³-hybridized carbons (Fsp3) is 0.462. The van der Waals surface area contributed by atoms with Gasteiger partial charge in [-0.2, -0.15) is 0 Å². The summed E-state index contributed by atoms with van der Waals surface area (Å²) in [5, 5.41) is 9.09. The van der Waals surface area contributed by atoms with Gasteiger partial charge in [-0.05, 0) is 19.9 Å². The largest absolute Gasteiger partial charge is 0.478 e. The van der Waals surface area contributed by atoms with Crippen LogP contribution in [-0.2, 0) is 4.79 Å². The highest BCUT2D eigenvalue weighted by Crippen LogP contribution is 2.19. The SMILES string of the molecule is CCN(CC)C(=O)CN(C)c1cc(C(=O)O)c(Cl)cn1. The minimum Gasteiger partial charge on any atom is -0.478 e. The number of aromatic carboxylic acids is 1. The Morgan fingerprint density at radius 3 is 2.45 bits per heavy atom. The van der Waals surface area contributed by atoms with E-state index in [9.17, 15) is 9.59 Å². The van der Waals surface area contributed by atoms with Crippen LogP contribution in [0.5, 0.6) is 0 Å². The van der Waals surface area contributed by atoms with Crippen LogP contribution in [0.3, 0.4) is 0 Å². The Labute approximate surface area is 123 Å². The third-order valence-corrected chi connectivity index (χ3v) is 3.25. The summed E-state index contributed by atoms with van der Waals surface area (Å²) in [6.45, 7) is 5.22. The lowest BCUT2D eigenvalue weighted by molar-refractivity contribution is -0.129. The molecule has 0 aliphatic heterocycles. The maximum Gasteiger partial charge on any atom is 0.337 e. The number of pyridine rings is 1. The van der Waals surface area contributed by atoms with Gasteiger partial charge in [-0.15, -0.1) is 0 Å². The van der Waals surface area contributed by atoms with E-state index in [1.165, 1.54) is 12.3 Å². The molecule has 1 rings (SSSR count). The molecule has 0 atom stereocenters. The Morgan fingerprint density at radius 2 is 1.95 bits per heavy atom. The van der Waals surface area contributed by atoms with E-state index in [0.717, 1.165) is 0 Å². The minimum absolute atomic E-state index is 0.0289. The molecule has 20 heavy (non-hydrogen) atoms. The maximum atomic E-state index is 12.0. The van der Waals surface area contributed by atoms with E-state index in [-0.39, 0.29) is 23.0 Å². The predicted molar refractivity (Wildman–Crippen MR) is 77.4 cm³/mol. The summed E-state index contributed by atoms with van der Waals surface area (Å²) in [7, 11) is 1.68. The van der Waals surface area contributed by atoms with E-state index in [1.807, 2.05) is 13.8 Å². The van der Waals surface area contributed by atoms with E-state index >= 15 is 0 Å². The number of carbonyl (C=O) groups excluding carboxylic acids is 1. The molecule has 1 heterocycles. The van der Waals surface area contributed by atoms with Gasteiger partial charge < -0.3 is 14.9 Å². The van der Waals surface area contributed by atoms with Crippen molar-refractivity contribution in [2.75, 3.05) is 31.6 Å². The zero-order valence-corrected chi connectivity index (χ0v) is 12.5. The molecule has 0 fully saturated rings. The number of rotatable bonds is 6. The smallest absolute Gasteiger partial charge is 0.337 e. The first-order chi connectivity index (χ1) is 9.40. The van der Waals surface area contributed by atoms with Gasteiger partial charge in [-0.25, -0.2) is 9.78 Å². The summed E-state index contributed by atoms with van der Waals surface area (Å²) in [6.07, 6.45) is 1.28. The highest BCUT2D eigenvalue weighted by Gasteiger charge is 2.16. The third kappa shape index (κ3) is 3.84. The number of nitrogens with zero attached hydrogens (tertiary/aromatic N) is 3. The van der Waals surface area contributed by atoms with Gasteiger partial charge in [0.05, 0.1) is 17.1 Å². The van der Waals surface area contributed by atoms with E-state index in [2.05, 4.69) is 4.98 Å². The van der Waals surface area contributed by atoms with Crippen LogP contribution in [-0.4, -0.2) is 53.5 Å². The number of amides is 1. The second-order valence-corrected chi connectivity index (χ2v) is 4.66. The lowest BCUT2D eigenvalue weighted by Gasteiger charge is -2.24. The first kappa shape index (κ1) is 16.2. The number of anilines is 1. The number of halogens is 1. The van der Waals surface area contributed by atoms with Crippen LogP contribution in [0.4, 0.5) is 5.82 Å². The van der Waals surface area contributed by atoms with Crippen LogP contribution in [0.1, 0.15) is 24.2 Å². The van der Waals surface area contributed by atoms with E-state index < -0.39 is 5.97 Å². The molecule has 110 valence electrons. The fourth-order valence-corrected chi connectivity index (χ4v) is 1.94. The monoisotopic (exact) mass is 299 g/mol. The first-order valence-electron chi connectivity index (χ1n) is 6.28. The van der Waals surface area contributed by atoms with Crippen LogP contribution >= 0.6 is 11.6 Å². The van der Waals surface area contributed by atoms with Crippen LogP contribution in [0.25, 0.3) is 0 Å². The second kappa shape index (κ2) is 7.09. The lowest BCUT2D eigenvalue weighted by atomic mass is 10.2. The van der Waals surface area contributed by atoms with Crippen LogP contribution in [0.2, 0.25) is 5.02 Å². The Balaban J connectivity index is 2.87. The maximum absolute atomic E-state index is 12.0. The third-order valence-electron chi connectivity index (χ3n) is 2.95. The number of likely N-dealkylation sites (N-methyl/N-ethyl adjacent to an activating group) is 2. The van der Waals surface area contributed by atoms with Crippen molar-refractivity contribution in [3.8, 4) is 0 Å². The van der Waals surface area contributed by atoms with Crippen molar-refractivity contribution in [3.63, 3.8) is 0 Å². The predicted octanol–water partition coefficient (Wildman–Crippen LogP) is 1.74. The number of aromatic nitrogens is 1. The van der Waals surface area contributed by atoms with Gasteiger partial charge >= 0.3 is 5.97 Å². The van der Waals surface area contributed by atoms with Crippen molar-refractivity contribution >= 4 is 29.3 Å². The number of carboxylic acid groups (broad SMARTS) is 1. The molecular formula is C13H18ClN3O3. The molecule has 0 unspecified atom stereocenters. The molecule has 0 spiro atoms. The summed E-state index contributed by atoms with van der Waals surface area (Å²) < 4.78 is 0. The number of carbonyl (C=O) groups is 2. The van der Waals surface area contributed by atoms with Crippen molar-refractivity contribution in [1.82, 2.24) is 9.88 Å². The summed E-state index contributed by atoms with van der Waals surface area (Å²) in [4.78, 5) is 30.3.